The van der Waals surface area contributed by atoms with Crippen LogP contribution in [0.25, 0.3) is 0 Å². The summed E-state index contributed by atoms with van der Waals surface area (Å²) in [5.41, 5.74) is 0.405. The lowest BCUT2D eigenvalue weighted by molar-refractivity contribution is -0.266. The van der Waals surface area contributed by atoms with Crippen molar-refractivity contribution in [2.45, 2.75) is 212 Å². The molecule has 16 atom stereocenters. The van der Waals surface area contributed by atoms with Crippen molar-refractivity contribution >= 4 is 29.2 Å². The maximum atomic E-state index is 14.3. The van der Waals surface area contributed by atoms with Gasteiger partial charge < -0.3 is 44.3 Å². The Balaban J connectivity index is 1.65. The number of ether oxygens (including phenoxy) is 4. The van der Waals surface area contributed by atoms with Crippen LogP contribution >= 0.6 is 0 Å². The summed E-state index contributed by atoms with van der Waals surface area (Å²) in [5, 5.41) is 45.0. The maximum absolute atomic E-state index is 14.3. The number of piperidine rings is 1. The number of aliphatic hydroxyl groups is 4. The topological polar surface area (TPSA) is 206 Å². The molecule has 1 amide bonds. The van der Waals surface area contributed by atoms with E-state index in [4.69, 9.17) is 18.9 Å². The number of hydrogen-bond donors (Lipinski definition) is 4. The highest BCUT2D eigenvalue weighted by atomic mass is 16.6. The number of allylic oxidation sites excluding steroid dienone is 1. The second-order valence-electron chi connectivity index (χ2n) is 20.5. The predicted octanol–water partition coefficient (Wildman–Crippen LogP) is 6.05. The molecule has 3 aliphatic heterocycles. The molecule has 1 aliphatic carbocycles. The summed E-state index contributed by atoms with van der Waals surface area (Å²) in [6.07, 6.45) is 5.74. The van der Waals surface area contributed by atoms with E-state index in [1.165, 1.54) is 12.0 Å². The molecule has 0 radical (unpaired) electrons. The minimum atomic E-state index is -2.44. The lowest BCUT2D eigenvalue weighted by atomic mass is 9.78. The van der Waals surface area contributed by atoms with Crippen molar-refractivity contribution in [2.75, 3.05) is 20.8 Å². The quantitative estimate of drug-likeness (QED) is 0.141. The third-order valence-electron chi connectivity index (χ3n) is 15.2. The number of nitrogens with zero attached hydrogens (tertiary/aromatic N) is 1. The molecule has 0 aromatic rings. The van der Waals surface area contributed by atoms with E-state index in [1.807, 2.05) is 20.8 Å². The number of rotatable bonds is 5. The van der Waals surface area contributed by atoms with Crippen molar-refractivity contribution < 1.29 is 63.3 Å². The third-order valence-corrected chi connectivity index (χ3v) is 15.2. The molecule has 2 bridgehead atoms. The van der Waals surface area contributed by atoms with E-state index in [0.29, 0.717) is 56.9 Å². The summed E-state index contributed by atoms with van der Waals surface area (Å²) < 4.78 is 23.5. The fourth-order valence-corrected chi connectivity index (χ4v) is 10.7. The monoisotopic (exact) mass is 906 g/mol. The van der Waals surface area contributed by atoms with Crippen molar-refractivity contribution in [3.05, 3.63) is 11.6 Å². The van der Waals surface area contributed by atoms with Gasteiger partial charge in [0.1, 0.15) is 30.1 Å². The molecule has 4 aliphatic rings. The van der Waals surface area contributed by atoms with E-state index in [2.05, 4.69) is 6.92 Å². The highest BCUT2D eigenvalue weighted by molar-refractivity contribution is 6.39. The largest absolute Gasteiger partial charge is 0.460 e. The highest BCUT2D eigenvalue weighted by Gasteiger charge is 2.53. The Morgan fingerprint density at radius 3 is 2.19 bits per heavy atom. The number of hydrogen-bond acceptors (Lipinski definition) is 13. The normalized spacial score (nSPS) is 40.8. The van der Waals surface area contributed by atoms with E-state index < -0.39 is 77.9 Å². The van der Waals surface area contributed by atoms with Crippen molar-refractivity contribution in [1.29, 1.82) is 0 Å². The number of esters is 1. The number of carbonyl (C=O) groups is 5. The molecule has 4 rings (SSSR count). The van der Waals surface area contributed by atoms with Gasteiger partial charge in [0.25, 0.3) is 11.7 Å². The molecule has 1 saturated carbocycles. The third kappa shape index (κ3) is 14.2. The smallest absolute Gasteiger partial charge is 0.329 e. The van der Waals surface area contributed by atoms with Gasteiger partial charge >= 0.3 is 5.97 Å². The average molecular weight is 906 g/mol. The van der Waals surface area contributed by atoms with Crippen LogP contribution < -0.4 is 0 Å². The number of ketones is 3. The Kier molecular flexibility index (Phi) is 21.1. The van der Waals surface area contributed by atoms with Crippen molar-refractivity contribution in [2.24, 2.45) is 41.4 Å². The summed E-state index contributed by atoms with van der Waals surface area (Å²) in [5.74, 6) is -7.70. The molecule has 366 valence electrons. The summed E-state index contributed by atoms with van der Waals surface area (Å²) in [6, 6.07) is -1.14. The Labute approximate surface area is 382 Å². The number of aliphatic hydroxyl groups excluding tert-OH is 3. The van der Waals surface area contributed by atoms with Gasteiger partial charge in [-0.15, -0.1) is 0 Å². The molecule has 64 heavy (non-hydrogen) atoms. The molecule has 2 saturated heterocycles. The minimum absolute atomic E-state index is 0.0721. The molecule has 4 N–H and O–H groups in total. The number of carbonyl (C=O) groups excluding carboxylic acids is 5. The van der Waals surface area contributed by atoms with Gasteiger partial charge in [-0.1, -0.05) is 73.3 Å². The summed E-state index contributed by atoms with van der Waals surface area (Å²) >= 11 is 0. The Morgan fingerprint density at radius 2 is 1.50 bits per heavy atom. The van der Waals surface area contributed by atoms with Gasteiger partial charge in [-0.05, 0) is 113 Å². The van der Waals surface area contributed by atoms with Crippen molar-refractivity contribution in [1.82, 2.24) is 4.90 Å². The second kappa shape index (κ2) is 25.0. The lowest BCUT2D eigenvalue weighted by Gasteiger charge is -2.42. The summed E-state index contributed by atoms with van der Waals surface area (Å²) in [4.78, 5) is 71.6. The van der Waals surface area contributed by atoms with E-state index in [-0.39, 0.29) is 73.1 Å². The molecule has 14 nitrogen and oxygen atoms in total. The van der Waals surface area contributed by atoms with Gasteiger partial charge in [-0.25, -0.2) is 4.79 Å². The molecule has 3 fully saturated rings. The van der Waals surface area contributed by atoms with Crippen LogP contribution in [-0.4, -0.2) is 130 Å². The van der Waals surface area contributed by atoms with Gasteiger partial charge in [0.2, 0.25) is 5.79 Å². The van der Waals surface area contributed by atoms with E-state index >= 15 is 0 Å². The van der Waals surface area contributed by atoms with Crippen LogP contribution in [0.4, 0.5) is 0 Å². The first-order chi connectivity index (χ1) is 30.2. The maximum Gasteiger partial charge on any atom is 0.329 e. The van der Waals surface area contributed by atoms with Gasteiger partial charge in [0.15, 0.2) is 5.78 Å². The zero-order chi connectivity index (χ0) is 47.5. The van der Waals surface area contributed by atoms with Crippen LogP contribution in [0.3, 0.4) is 0 Å². The zero-order valence-corrected chi connectivity index (χ0v) is 40.4. The SMILES string of the molecule is CO[C@@H]1C[C@@H](C[C@@H](C)[C@@H]2CC(=O)[C@H](C)/C=C(/C)[C@@H](O)[C@@H](OC)C(=O)[C@H](C)C[C@H](C)CCCCCC(C)[C@@H](O)C[C@@H]3CC[C@@H](C)[C@@](O)(O3)C(=O)C(=O)N3CCCC[C@H]3C(=O)O2)CC[C@H]1O. The van der Waals surface area contributed by atoms with E-state index in [1.54, 1.807) is 34.0 Å². The number of cyclic esters (lactones) is 1. The fourth-order valence-electron chi connectivity index (χ4n) is 10.7. The standard InChI is InChI=1S/C50H83NO13/c1-29-15-11-10-12-16-30(2)40(53)27-37-20-18-35(7)50(60,64-37)47(57)48(58)51-22-14-13-17-38(51)49(59)63-42(32(4)25-36-19-21-39(52)43(26-36)61-8)28-41(54)31(3)24-34(6)45(56)46(62-9)44(55)33(5)23-29/h24,29-33,35-40,42-43,45-46,52-53,56,60H,10-23,25-28H2,1-9H3/b34-24-/t29-,30?,31-,32-,33-,35-,36-,37+,38+,39-,40+,42+,43-,45-,46+,50-/m1/s1. The van der Waals surface area contributed by atoms with Gasteiger partial charge in [-0.3, -0.25) is 19.2 Å². The van der Waals surface area contributed by atoms with Crippen molar-refractivity contribution in [3.63, 3.8) is 0 Å². The van der Waals surface area contributed by atoms with E-state index in [9.17, 15) is 44.4 Å². The zero-order valence-electron chi connectivity index (χ0n) is 40.4. The first kappa shape index (κ1) is 54.0. The summed E-state index contributed by atoms with van der Waals surface area (Å²) in [6.45, 7) is 13.0. The Bertz CT molecular complexity index is 1590. The van der Waals surface area contributed by atoms with Crippen LogP contribution in [0.15, 0.2) is 11.6 Å². The van der Waals surface area contributed by atoms with Gasteiger partial charge in [0, 0.05) is 44.9 Å². The number of fused-ring (bicyclic) bond motifs is 3. The first-order valence-corrected chi connectivity index (χ1v) is 24.5. The number of amides is 1. The molecular formula is C50H83NO13. The fraction of sp³-hybridized carbons (Fsp3) is 0.860. The average Bonchev–Trinajstić information content (AvgIpc) is 3.26. The molecular weight excluding hydrogens is 823 g/mol. The highest BCUT2D eigenvalue weighted by Crippen LogP contribution is 2.38. The van der Waals surface area contributed by atoms with Crippen LogP contribution in [0.2, 0.25) is 0 Å². The number of methoxy groups -OCH3 is 2. The molecule has 3 heterocycles. The Hall–Kier alpha value is -2.59. The van der Waals surface area contributed by atoms with Crippen LogP contribution in [-0.2, 0) is 42.9 Å². The van der Waals surface area contributed by atoms with Crippen LogP contribution in [0, 0.1) is 41.4 Å². The van der Waals surface area contributed by atoms with E-state index in [0.717, 1.165) is 38.5 Å². The molecule has 0 aromatic heterocycles. The minimum Gasteiger partial charge on any atom is -0.460 e. The van der Waals surface area contributed by atoms with Gasteiger partial charge in [-0.2, -0.15) is 0 Å². The number of Topliss-reactive ketones (excluding diaryl/α,β-unsaturated/α-hetero) is 3. The Morgan fingerprint density at radius 1 is 0.812 bits per heavy atom. The molecule has 1 unspecified atom stereocenters. The first-order valence-electron chi connectivity index (χ1n) is 24.5. The van der Waals surface area contributed by atoms with Crippen LogP contribution in [0.5, 0.6) is 0 Å². The van der Waals surface area contributed by atoms with Gasteiger partial charge in [0.05, 0.1) is 24.4 Å². The van der Waals surface area contributed by atoms with Crippen LogP contribution in [0.1, 0.15) is 158 Å². The van der Waals surface area contributed by atoms with Crippen molar-refractivity contribution in [3.8, 4) is 0 Å². The predicted molar refractivity (Wildman–Crippen MR) is 241 cm³/mol. The molecule has 0 spiro atoms. The second-order valence-corrected chi connectivity index (χ2v) is 20.5. The molecule has 14 heteroatoms. The summed E-state index contributed by atoms with van der Waals surface area (Å²) in [7, 11) is 2.96. The molecule has 0 aromatic carbocycles. The lowest BCUT2D eigenvalue weighted by Crippen LogP contribution is -2.61.